The molecule has 0 spiro atoms. The maximum absolute atomic E-state index is 13.8. The number of hydrogen-bond donors (Lipinski definition) is 1. The molecule has 0 atom stereocenters. The van der Waals surface area contributed by atoms with Gasteiger partial charge in [-0.1, -0.05) is 59.6 Å². The lowest BCUT2D eigenvalue weighted by Crippen LogP contribution is -2.17. The van der Waals surface area contributed by atoms with Gasteiger partial charge in [-0.15, -0.1) is 0 Å². The summed E-state index contributed by atoms with van der Waals surface area (Å²) in [6.45, 7) is 3.90. The molecule has 3 aromatic carbocycles. The quantitative estimate of drug-likeness (QED) is 0.185. The number of amides is 1. The zero-order chi connectivity index (χ0) is 25.7. The first kappa shape index (κ1) is 25.4. The van der Waals surface area contributed by atoms with E-state index in [9.17, 15) is 9.59 Å². The Hall–Kier alpha value is -3.71. The molecule has 0 saturated carbocycles. The van der Waals surface area contributed by atoms with Crippen LogP contribution in [0.4, 0.5) is 5.69 Å². The Morgan fingerprint density at radius 3 is 2.53 bits per heavy atom. The highest BCUT2D eigenvalue weighted by atomic mass is 79.9. The Labute approximate surface area is 218 Å². The normalized spacial score (nSPS) is 10.8. The van der Waals surface area contributed by atoms with E-state index >= 15 is 0 Å². The number of aromatic nitrogens is 1. The van der Waals surface area contributed by atoms with Gasteiger partial charge in [0.25, 0.3) is 5.91 Å². The number of hydrogen-bond acceptors (Lipinski definition) is 5. The Kier molecular flexibility index (Phi) is 8.00. The predicted octanol–water partition coefficient (Wildman–Crippen LogP) is 7.33. The fourth-order valence-corrected chi connectivity index (χ4v) is 4.36. The van der Waals surface area contributed by atoms with E-state index in [0.717, 1.165) is 34.1 Å². The van der Waals surface area contributed by atoms with Crippen LogP contribution in [-0.2, 0) is 4.79 Å². The van der Waals surface area contributed by atoms with Gasteiger partial charge < -0.3 is 14.8 Å². The van der Waals surface area contributed by atoms with Crippen molar-refractivity contribution in [3.8, 4) is 22.8 Å². The second kappa shape index (κ2) is 11.4. The van der Waals surface area contributed by atoms with Gasteiger partial charge in [0.1, 0.15) is 5.75 Å². The number of esters is 1. The molecule has 0 unspecified atom stereocenters. The van der Waals surface area contributed by atoms with Crippen LogP contribution in [0.1, 0.15) is 42.1 Å². The minimum Gasteiger partial charge on any atom is -0.497 e. The number of ether oxygens (including phenoxy) is 2. The topological polar surface area (TPSA) is 77.5 Å². The van der Waals surface area contributed by atoms with Gasteiger partial charge in [-0.2, -0.15) is 0 Å². The summed E-state index contributed by atoms with van der Waals surface area (Å²) in [7, 11) is 1.53. The summed E-state index contributed by atoms with van der Waals surface area (Å²) in [5.74, 6) is 0.0732. The number of fused-ring (bicyclic) bond motifs is 1. The second-order valence-electron chi connectivity index (χ2n) is 8.38. The fourth-order valence-electron chi connectivity index (χ4n) is 4.00. The zero-order valence-corrected chi connectivity index (χ0v) is 22.0. The molecule has 184 valence electrons. The summed E-state index contributed by atoms with van der Waals surface area (Å²) in [5.41, 5.74) is 3.99. The minimum absolute atomic E-state index is 0.240. The second-order valence-corrected chi connectivity index (χ2v) is 9.30. The maximum Gasteiger partial charge on any atom is 0.311 e. The van der Waals surface area contributed by atoms with Gasteiger partial charge in [0.05, 0.1) is 29.6 Å². The van der Waals surface area contributed by atoms with E-state index in [0.29, 0.717) is 34.3 Å². The van der Waals surface area contributed by atoms with Crippen LogP contribution < -0.4 is 14.8 Å². The van der Waals surface area contributed by atoms with Crippen LogP contribution in [0.2, 0.25) is 0 Å². The number of rotatable bonds is 8. The molecule has 4 rings (SSSR count). The molecule has 0 saturated heterocycles. The SMILES string of the molecule is CCCCC(=O)Oc1cc(OC)ccc1NC(=O)c1c(C)c(-c2ccccc2)nc2ccc(Br)cc12. The van der Waals surface area contributed by atoms with E-state index in [1.54, 1.807) is 18.2 Å². The molecule has 1 heterocycles. The van der Waals surface area contributed by atoms with Crippen molar-refractivity contribution in [2.24, 2.45) is 0 Å². The standard InChI is InChI=1S/C29H27BrN2O4/c1-4-5-11-26(33)36-25-17-21(35-3)13-15-24(25)32-29(34)27-18(2)28(19-9-7-6-8-10-19)31-23-14-12-20(30)16-22(23)27/h6-10,12-17H,4-5,11H2,1-3H3,(H,32,34). The lowest BCUT2D eigenvalue weighted by Gasteiger charge is -2.17. The first-order valence-electron chi connectivity index (χ1n) is 11.8. The number of benzene rings is 3. The van der Waals surface area contributed by atoms with E-state index in [1.807, 2.05) is 62.4 Å². The van der Waals surface area contributed by atoms with Gasteiger partial charge >= 0.3 is 5.97 Å². The largest absolute Gasteiger partial charge is 0.497 e. The van der Waals surface area contributed by atoms with E-state index in [4.69, 9.17) is 14.5 Å². The van der Waals surface area contributed by atoms with Crippen LogP contribution in [0.15, 0.2) is 71.2 Å². The molecule has 36 heavy (non-hydrogen) atoms. The van der Waals surface area contributed by atoms with Gasteiger partial charge in [-0.05, 0) is 49.2 Å². The molecule has 0 bridgehead atoms. The third-order valence-corrected chi connectivity index (χ3v) is 6.35. The maximum atomic E-state index is 13.8. The van der Waals surface area contributed by atoms with Crippen LogP contribution in [0.3, 0.4) is 0 Å². The van der Waals surface area contributed by atoms with Crippen molar-refractivity contribution in [2.45, 2.75) is 33.1 Å². The highest BCUT2D eigenvalue weighted by Crippen LogP contribution is 2.34. The molecule has 0 fully saturated rings. The van der Waals surface area contributed by atoms with Crippen LogP contribution in [0.25, 0.3) is 22.2 Å². The van der Waals surface area contributed by atoms with Crippen molar-refractivity contribution < 1.29 is 19.1 Å². The van der Waals surface area contributed by atoms with Crippen molar-refractivity contribution in [2.75, 3.05) is 12.4 Å². The first-order chi connectivity index (χ1) is 17.4. The number of unbranched alkanes of at least 4 members (excludes halogenated alkanes) is 1. The Morgan fingerprint density at radius 2 is 1.81 bits per heavy atom. The van der Waals surface area contributed by atoms with Crippen molar-refractivity contribution in [3.05, 3.63) is 82.3 Å². The molecule has 0 radical (unpaired) electrons. The number of halogens is 1. The molecule has 0 aliphatic heterocycles. The molecule has 1 amide bonds. The van der Waals surface area contributed by atoms with Crippen LogP contribution in [0, 0.1) is 6.92 Å². The molecular formula is C29H27BrN2O4. The molecule has 7 heteroatoms. The van der Waals surface area contributed by atoms with Gasteiger partial charge in [-0.25, -0.2) is 4.98 Å². The Balaban J connectivity index is 1.78. The first-order valence-corrected chi connectivity index (χ1v) is 12.6. The van der Waals surface area contributed by atoms with Gasteiger partial charge in [-0.3, -0.25) is 9.59 Å². The monoisotopic (exact) mass is 546 g/mol. The average molecular weight is 547 g/mol. The summed E-state index contributed by atoms with van der Waals surface area (Å²) in [5, 5.41) is 3.67. The number of anilines is 1. The summed E-state index contributed by atoms with van der Waals surface area (Å²) < 4.78 is 11.7. The van der Waals surface area contributed by atoms with Crippen molar-refractivity contribution >= 4 is 44.4 Å². The minimum atomic E-state index is -0.360. The number of methoxy groups -OCH3 is 1. The number of nitrogens with one attached hydrogen (secondary N) is 1. The number of nitrogens with zero attached hydrogens (tertiary/aromatic N) is 1. The van der Waals surface area contributed by atoms with Crippen molar-refractivity contribution in [1.82, 2.24) is 4.98 Å². The summed E-state index contributed by atoms with van der Waals surface area (Å²) in [6, 6.07) is 20.4. The zero-order valence-electron chi connectivity index (χ0n) is 20.4. The fraction of sp³-hybridized carbons (Fsp3) is 0.207. The molecule has 1 aromatic heterocycles. The summed E-state index contributed by atoms with van der Waals surface area (Å²) in [6.07, 6.45) is 1.90. The molecule has 4 aromatic rings. The number of carbonyl (C=O) groups excluding carboxylic acids is 2. The van der Waals surface area contributed by atoms with Crippen LogP contribution in [0.5, 0.6) is 11.5 Å². The molecule has 0 aliphatic carbocycles. The summed E-state index contributed by atoms with van der Waals surface area (Å²) >= 11 is 3.51. The third kappa shape index (κ3) is 5.57. The Morgan fingerprint density at radius 1 is 1.03 bits per heavy atom. The van der Waals surface area contributed by atoms with E-state index in [2.05, 4.69) is 21.2 Å². The smallest absolute Gasteiger partial charge is 0.311 e. The molecular weight excluding hydrogens is 520 g/mol. The van der Waals surface area contributed by atoms with E-state index in [1.165, 1.54) is 7.11 Å². The number of carbonyl (C=O) groups is 2. The number of pyridine rings is 1. The molecule has 6 nitrogen and oxygen atoms in total. The highest BCUT2D eigenvalue weighted by Gasteiger charge is 2.21. The van der Waals surface area contributed by atoms with Gasteiger partial charge in [0.2, 0.25) is 0 Å². The molecule has 0 aliphatic rings. The third-order valence-electron chi connectivity index (χ3n) is 5.86. The van der Waals surface area contributed by atoms with E-state index in [-0.39, 0.29) is 17.6 Å². The lowest BCUT2D eigenvalue weighted by molar-refractivity contribution is -0.134. The predicted molar refractivity (Wildman–Crippen MR) is 146 cm³/mol. The highest BCUT2D eigenvalue weighted by molar-refractivity contribution is 9.10. The van der Waals surface area contributed by atoms with Gasteiger partial charge in [0.15, 0.2) is 5.75 Å². The summed E-state index contributed by atoms with van der Waals surface area (Å²) in [4.78, 5) is 31.0. The molecule has 1 N–H and O–H groups in total. The lowest BCUT2D eigenvalue weighted by atomic mass is 9.97. The van der Waals surface area contributed by atoms with E-state index < -0.39 is 0 Å². The van der Waals surface area contributed by atoms with Crippen LogP contribution >= 0.6 is 15.9 Å². The van der Waals surface area contributed by atoms with Crippen LogP contribution in [-0.4, -0.2) is 24.0 Å². The van der Waals surface area contributed by atoms with Gasteiger partial charge in [0, 0.05) is 27.9 Å². The Bertz CT molecular complexity index is 1420. The average Bonchev–Trinajstić information content (AvgIpc) is 2.88. The van der Waals surface area contributed by atoms with Crippen molar-refractivity contribution in [3.63, 3.8) is 0 Å². The van der Waals surface area contributed by atoms with Crippen molar-refractivity contribution in [1.29, 1.82) is 0 Å².